The summed E-state index contributed by atoms with van der Waals surface area (Å²) in [5.41, 5.74) is 10.6. The van der Waals surface area contributed by atoms with Crippen LogP contribution in [0, 0.1) is 0 Å². The Labute approximate surface area is 201 Å². The van der Waals surface area contributed by atoms with Crippen LogP contribution in [-0.2, 0) is 10.8 Å². The highest BCUT2D eigenvalue weighted by molar-refractivity contribution is 5.81. The van der Waals surface area contributed by atoms with Gasteiger partial charge in [-0.05, 0) is 57.5 Å². The molecule has 0 amide bonds. The fraction of sp³-hybridized carbons (Fsp3) is 0.250. The third kappa shape index (κ3) is 2.46. The maximum atomic E-state index is 6.33. The summed E-state index contributed by atoms with van der Waals surface area (Å²) in [6.07, 6.45) is 0. The van der Waals surface area contributed by atoms with Crippen molar-refractivity contribution in [3.8, 4) is 22.6 Å². The van der Waals surface area contributed by atoms with Gasteiger partial charge >= 0.3 is 0 Å². The highest BCUT2D eigenvalue weighted by Gasteiger charge is 2.51. The molecular weight excluding hydrogens is 414 g/mol. The largest absolute Gasteiger partial charge is 0.457 e. The molecule has 2 heterocycles. The van der Waals surface area contributed by atoms with Crippen molar-refractivity contribution < 1.29 is 4.74 Å². The van der Waals surface area contributed by atoms with Gasteiger partial charge in [-0.2, -0.15) is 0 Å². The predicted molar refractivity (Wildman–Crippen MR) is 139 cm³/mol. The lowest BCUT2D eigenvalue weighted by molar-refractivity contribution is 0.418. The number of para-hydroxylation sites is 1. The SMILES string of the molecule is CC1(C)c2ccccc2Oc2ccc(-c3cccc4c3C3C(N4)c4ccccc4C3(C)C)cc21. The van der Waals surface area contributed by atoms with Crippen molar-refractivity contribution in [1.29, 1.82) is 0 Å². The molecular formula is C32H29NO. The molecule has 2 heteroatoms. The van der Waals surface area contributed by atoms with Crippen LogP contribution < -0.4 is 10.1 Å². The lowest BCUT2D eigenvalue weighted by Gasteiger charge is -2.35. The van der Waals surface area contributed by atoms with E-state index in [4.69, 9.17) is 4.74 Å². The fourth-order valence-electron chi connectivity index (χ4n) is 6.86. The van der Waals surface area contributed by atoms with Gasteiger partial charge in [-0.1, -0.05) is 88.4 Å². The molecule has 7 rings (SSSR count). The molecule has 168 valence electrons. The minimum absolute atomic E-state index is 0.0607. The van der Waals surface area contributed by atoms with Gasteiger partial charge in [-0.25, -0.2) is 0 Å². The molecule has 4 aromatic rings. The van der Waals surface area contributed by atoms with Gasteiger partial charge in [0.05, 0.1) is 6.04 Å². The summed E-state index contributed by atoms with van der Waals surface area (Å²) in [5, 5.41) is 3.89. The van der Waals surface area contributed by atoms with Crippen LogP contribution in [0.3, 0.4) is 0 Å². The molecule has 0 radical (unpaired) electrons. The van der Waals surface area contributed by atoms with Crippen molar-refractivity contribution in [2.45, 2.75) is 50.5 Å². The summed E-state index contributed by atoms with van der Waals surface area (Å²) in [7, 11) is 0. The molecule has 1 N–H and O–H groups in total. The quantitative estimate of drug-likeness (QED) is 0.319. The maximum Gasteiger partial charge on any atom is 0.131 e. The van der Waals surface area contributed by atoms with E-state index in [1.54, 1.807) is 0 Å². The number of ether oxygens (including phenoxy) is 1. The number of hydrogen-bond acceptors (Lipinski definition) is 2. The minimum atomic E-state index is -0.123. The topological polar surface area (TPSA) is 21.3 Å². The highest BCUT2D eigenvalue weighted by atomic mass is 16.5. The predicted octanol–water partition coefficient (Wildman–Crippen LogP) is 8.33. The molecule has 34 heavy (non-hydrogen) atoms. The van der Waals surface area contributed by atoms with Gasteiger partial charge in [0.1, 0.15) is 11.5 Å². The second-order valence-electron chi connectivity index (χ2n) is 11.1. The number of hydrogen-bond donors (Lipinski definition) is 1. The van der Waals surface area contributed by atoms with Crippen LogP contribution in [0.25, 0.3) is 11.1 Å². The molecule has 0 spiro atoms. The fourth-order valence-corrected chi connectivity index (χ4v) is 6.86. The van der Waals surface area contributed by atoms with E-state index in [-0.39, 0.29) is 10.8 Å². The van der Waals surface area contributed by atoms with Crippen LogP contribution in [-0.4, -0.2) is 0 Å². The van der Waals surface area contributed by atoms with Gasteiger partial charge in [0.15, 0.2) is 0 Å². The van der Waals surface area contributed by atoms with Crippen LogP contribution in [0.4, 0.5) is 5.69 Å². The van der Waals surface area contributed by atoms with Crippen molar-refractivity contribution in [3.05, 3.63) is 113 Å². The third-order valence-electron chi connectivity index (χ3n) is 8.57. The molecule has 2 unspecified atom stereocenters. The number of nitrogens with one attached hydrogen (secondary N) is 1. The zero-order valence-electron chi connectivity index (χ0n) is 20.1. The normalized spacial score (nSPS) is 21.9. The second kappa shape index (κ2) is 6.54. The van der Waals surface area contributed by atoms with Crippen LogP contribution in [0.2, 0.25) is 0 Å². The highest BCUT2D eigenvalue weighted by Crippen LogP contribution is 2.62. The summed E-state index contributed by atoms with van der Waals surface area (Å²) in [4.78, 5) is 0. The molecule has 2 aliphatic heterocycles. The maximum absolute atomic E-state index is 6.33. The smallest absolute Gasteiger partial charge is 0.131 e. The zero-order valence-corrected chi connectivity index (χ0v) is 20.1. The molecule has 0 aromatic heterocycles. The van der Waals surface area contributed by atoms with E-state index in [2.05, 4.69) is 112 Å². The van der Waals surface area contributed by atoms with Crippen molar-refractivity contribution in [3.63, 3.8) is 0 Å². The number of anilines is 1. The molecule has 0 saturated carbocycles. The first kappa shape index (κ1) is 19.9. The monoisotopic (exact) mass is 443 g/mol. The summed E-state index contributed by atoms with van der Waals surface area (Å²) in [6, 6.07) is 31.2. The van der Waals surface area contributed by atoms with E-state index >= 15 is 0 Å². The summed E-state index contributed by atoms with van der Waals surface area (Å²) >= 11 is 0. The molecule has 1 aliphatic carbocycles. The van der Waals surface area contributed by atoms with E-state index in [1.807, 2.05) is 6.07 Å². The van der Waals surface area contributed by atoms with Gasteiger partial charge in [-0.15, -0.1) is 0 Å². The molecule has 0 fully saturated rings. The van der Waals surface area contributed by atoms with E-state index in [0.717, 1.165) is 11.5 Å². The number of benzene rings is 4. The Morgan fingerprint density at radius 1 is 0.706 bits per heavy atom. The van der Waals surface area contributed by atoms with Crippen molar-refractivity contribution in [2.75, 3.05) is 5.32 Å². The Hall–Kier alpha value is -3.52. The number of fused-ring (bicyclic) bond motifs is 7. The van der Waals surface area contributed by atoms with Gasteiger partial charge in [0.2, 0.25) is 0 Å². The lowest BCUT2D eigenvalue weighted by atomic mass is 9.72. The molecule has 0 saturated heterocycles. The lowest BCUT2D eigenvalue weighted by Crippen LogP contribution is -2.24. The molecule has 0 bridgehead atoms. The second-order valence-corrected chi connectivity index (χ2v) is 11.1. The Morgan fingerprint density at radius 2 is 1.44 bits per heavy atom. The Balaban J connectivity index is 1.39. The molecule has 4 aromatic carbocycles. The van der Waals surface area contributed by atoms with E-state index in [1.165, 1.54) is 44.6 Å². The van der Waals surface area contributed by atoms with Crippen molar-refractivity contribution in [1.82, 2.24) is 0 Å². The average Bonchev–Trinajstić information content (AvgIpc) is 3.33. The Kier molecular flexibility index (Phi) is 3.83. The first-order valence-corrected chi connectivity index (χ1v) is 12.3. The summed E-state index contributed by atoms with van der Waals surface area (Å²) < 4.78 is 6.33. The van der Waals surface area contributed by atoms with Crippen molar-refractivity contribution >= 4 is 5.69 Å². The first-order valence-electron chi connectivity index (χ1n) is 12.3. The van der Waals surface area contributed by atoms with E-state index in [9.17, 15) is 0 Å². The van der Waals surface area contributed by atoms with E-state index in [0.29, 0.717) is 12.0 Å². The van der Waals surface area contributed by atoms with Gasteiger partial charge in [-0.3, -0.25) is 0 Å². The van der Waals surface area contributed by atoms with Crippen LogP contribution in [0.1, 0.15) is 67.5 Å². The average molecular weight is 444 g/mol. The van der Waals surface area contributed by atoms with Gasteiger partial charge in [0, 0.05) is 28.1 Å². The van der Waals surface area contributed by atoms with E-state index < -0.39 is 0 Å². The van der Waals surface area contributed by atoms with Crippen molar-refractivity contribution in [2.24, 2.45) is 0 Å². The first-order chi connectivity index (χ1) is 16.4. The van der Waals surface area contributed by atoms with Crippen LogP contribution >= 0.6 is 0 Å². The van der Waals surface area contributed by atoms with Crippen LogP contribution in [0.5, 0.6) is 11.5 Å². The Morgan fingerprint density at radius 3 is 2.29 bits per heavy atom. The standard InChI is InChI=1S/C32H29NO/c1-31(2)23-13-7-8-15-26(23)34-27-17-16-19(18-24(27)31)20-11-9-14-25-28(20)29-30(33-25)21-10-5-6-12-22(21)32(29,3)4/h5-18,29-30,33H,1-4H3. The summed E-state index contributed by atoms with van der Waals surface area (Å²) in [6.45, 7) is 9.43. The molecule has 3 aliphatic rings. The molecule has 2 atom stereocenters. The van der Waals surface area contributed by atoms with Gasteiger partial charge < -0.3 is 10.1 Å². The minimum Gasteiger partial charge on any atom is -0.457 e. The Bertz CT molecular complexity index is 1480. The summed E-state index contributed by atoms with van der Waals surface area (Å²) in [5.74, 6) is 2.33. The third-order valence-corrected chi connectivity index (χ3v) is 8.57. The zero-order chi connectivity index (χ0) is 23.2. The van der Waals surface area contributed by atoms with Crippen LogP contribution in [0.15, 0.2) is 84.9 Å². The number of rotatable bonds is 1. The molecule has 2 nitrogen and oxygen atoms in total. The van der Waals surface area contributed by atoms with Gasteiger partial charge in [0.25, 0.3) is 0 Å².